The van der Waals surface area contributed by atoms with Gasteiger partial charge in [-0.2, -0.15) is 66.7 Å². The highest BCUT2D eigenvalue weighted by molar-refractivity contribution is 6.07. The minimum Gasteiger partial charge on any atom is -0.308 e. The van der Waals surface area contributed by atoms with E-state index in [-0.39, 0.29) is 0 Å². The fourth-order valence-electron chi connectivity index (χ4n) is 3.27. The third-order valence-corrected chi connectivity index (χ3v) is 6.28. The predicted octanol–water partition coefficient (Wildman–Crippen LogP) is 6.70. The third kappa shape index (κ3) is 8.08. The third-order valence-electron chi connectivity index (χ3n) is 6.28. The summed E-state index contributed by atoms with van der Waals surface area (Å²) in [6.07, 6.45) is -20.0. The molecule has 0 aromatic heterocycles. The Bertz CT molecular complexity index is 1180. The van der Waals surface area contributed by atoms with Crippen molar-refractivity contribution in [2.24, 2.45) is 16.7 Å². The van der Waals surface area contributed by atoms with Gasteiger partial charge in [-0.15, -0.1) is 0 Å². The summed E-state index contributed by atoms with van der Waals surface area (Å²) < 4.78 is 181. The first-order valence-corrected chi connectivity index (χ1v) is 11.4. The van der Waals surface area contributed by atoms with Gasteiger partial charge in [0.1, 0.15) is 11.6 Å². The standard InChI is InChI=1S/C23H22F14N2O4/c1-16(2,12(40)5-14(42)18(24,25)20(28,29)22(32,33)34)7-10(9-38)11(39)8-17(3,4)13(41)6-15(43)19(26,27)21(30,31)23(35,36)37/h10,39H,5-8H2,1-4H3. The van der Waals surface area contributed by atoms with Crippen molar-refractivity contribution in [3.63, 3.8) is 0 Å². The van der Waals surface area contributed by atoms with Gasteiger partial charge in [0.15, 0.2) is 0 Å². The fourth-order valence-corrected chi connectivity index (χ4v) is 3.27. The van der Waals surface area contributed by atoms with Crippen LogP contribution in [-0.4, -0.2) is 64.9 Å². The zero-order valence-corrected chi connectivity index (χ0v) is 22.3. The topological polar surface area (TPSA) is 116 Å². The van der Waals surface area contributed by atoms with Crippen LogP contribution < -0.4 is 0 Å². The number of hydrogen-bond acceptors (Lipinski definition) is 6. The fraction of sp³-hybridized carbons (Fsp3) is 0.739. The van der Waals surface area contributed by atoms with Crippen molar-refractivity contribution in [1.82, 2.24) is 0 Å². The van der Waals surface area contributed by atoms with Crippen LogP contribution in [-0.2, 0) is 19.2 Å². The molecule has 0 spiro atoms. The first kappa shape index (κ1) is 39.9. The van der Waals surface area contributed by atoms with E-state index in [1.54, 1.807) is 0 Å². The van der Waals surface area contributed by atoms with Crippen LogP contribution in [0.4, 0.5) is 61.5 Å². The average molecular weight is 656 g/mol. The van der Waals surface area contributed by atoms with E-state index in [1.807, 2.05) is 0 Å². The van der Waals surface area contributed by atoms with Crippen LogP contribution in [0.5, 0.6) is 0 Å². The van der Waals surface area contributed by atoms with Crippen molar-refractivity contribution >= 4 is 28.8 Å². The normalized spacial score (nSPS) is 15.0. The summed E-state index contributed by atoms with van der Waals surface area (Å²) in [5.41, 5.74) is -5.22. The van der Waals surface area contributed by atoms with E-state index in [9.17, 15) is 85.9 Å². The van der Waals surface area contributed by atoms with Crippen molar-refractivity contribution in [3.05, 3.63) is 0 Å². The largest absolute Gasteiger partial charge is 0.460 e. The number of hydrogen-bond donors (Lipinski definition) is 1. The van der Waals surface area contributed by atoms with E-state index in [1.165, 1.54) is 6.07 Å². The smallest absolute Gasteiger partial charge is 0.308 e. The van der Waals surface area contributed by atoms with Crippen molar-refractivity contribution < 1.29 is 80.6 Å². The summed E-state index contributed by atoms with van der Waals surface area (Å²) in [6, 6.07) is 1.40. The lowest BCUT2D eigenvalue weighted by Gasteiger charge is -2.31. The number of ketones is 4. The van der Waals surface area contributed by atoms with Crippen LogP contribution >= 0.6 is 0 Å². The Morgan fingerprint density at radius 1 is 0.605 bits per heavy atom. The Morgan fingerprint density at radius 3 is 1.19 bits per heavy atom. The Balaban J connectivity index is 5.75. The first-order chi connectivity index (χ1) is 18.6. The Labute approximate surface area is 233 Å². The summed E-state index contributed by atoms with van der Waals surface area (Å²) >= 11 is 0. The molecule has 0 aromatic rings. The molecule has 6 nitrogen and oxygen atoms in total. The number of alkyl halides is 14. The molecule has 246 valence electrons. The van der Waals surface area contributed by atoms with E-state index in [4.69, 9.17) is 5.41 Å². The molecule has 0 amide bonds. The molecule has 0 heterocycles. The number of nitriles is 1. The zero-order valence-electron chi connectivity index (χ0n) is 22.3. The second-order valence-corrected chi connectivity index (χ2v) is 10.7. The summed E-state index contributed by atoms with van der Waals surface area (Å²) in [7, 11) is 0. The minimum absolute atomic E-state index is 0.809. The lowest BCUT2D eigenvalue weighted by Crippen LogP contribution is -2.56. The van der Waals surface area contributed by atoms with E-state index >= 15 is 0 Å². The van der Waals surface area contributed by atoms with Crippen LogP contribution in [0.25, 0.3) is 0 Å². The number of carbonyl (C=O) groups excluding carboxylic acids is 4. The van der Waals surface area contributed by atoms with Crippen LogP contribution in [0, 0.1) is 33.5 Å². The number of Topliss-reactive ketones (excluding diaryl/α,β-unsaturated/α-hetero) is 4. The molecule has 0 aliphatic carbocycles. The minimum atomic E-state index is -6.88. The summed E-state index contributed by atoms with van der Waals surface area (Å²) in [5.74, 6) is -37.9. The molecular weight excluding hydrogens is 634 g/mol. The maximum atomic E-state index is 13.6. The molecule has 20 heteroatoms. The molecule has 43 heavy (non-hydrogen) atoms. The van der Waals surface area contributed by atoms with Gasteiger partial charge in [0.25, 0.3) is 0 Å². The number of rotatable bonds is 15. The van der Waals surface area contributed by atoms with Crippen LogP contribution in [0.1, 0.15) is 53.4 Å². The van der Waals surface area contributed by atoms with Crippen molar-refractivity contribution in [2.75, 3.05) is 0 Å². The number of nitrogens with one attached hydrogen (secondary N) is 1. The molecule has 0 fully saturated rings. The maximum absolute atomic E-state index is 13.6. The van der Waals surface area contributed by atoms with Crippen LogP contribution in [0.15, 0.2) is 0 Å². The molecule has 0 aliphatic rings. The van der Waals surface area contributed by atoms with Crippen molar-refractivity contribution in [2.45, 2.75) is 89.4 Å². The van der Waals surface area contributed by atoms with Crippen LogP contribution in [0.3, 0.4) is 0 Å². The van der Waals surface area contributed by atoms with E-state index < -0.39 is 107 Å². The molecule has 1 N–H and O–H groups in total. The lowest BCUT2D eigenvalue weighted by atomic mass is 9.73. The van der Waals surface area contributed by atoms with Gasteiger partial charge >= 0.3 is 36.0 Å². The Morgan fingerprint density at radius 2 is 0.907 bits per heavy atom. The van der Waals surface area contributed by atoms with Gasteiger partial charge < -0.3 is 5.41 Å². The first-order valence-electron chi connectivity index (χ1n) is 11.4. The predicted molar refractivity (Wildman–Crippen MR) is 115 cm³/mol. The molecule has 0 aliphatic heterocycles. The van der Waals surface area contributed by atoms with Crippen LogP contribution in [0.2, 0.25) is 0 Å². The van der Waals surface area contributed by atoms with Gasteiger partial charge in [-0.3, -0.25) is 19.2 Å². The second-order valence-electron chi connectivity index (χ2n) is 10.7. The molecule has 0 radical (unpaired) electrons. The molecule has 0 aromatic carbocycles. The SMILES string of the molecule is CC(C)(CC(=N)C(C#N)CC(C)(C)C(=O)CC(=O)C(F)(F)C(F)(F)C(F)(F)F)C(=O)CC(=O)C(F)(F)C(F)(F)C(F)(F)F. The molecular formula is C23H22F14N2O4. The Kier molecular flexibility index (Phi) is 11.2. The summed E-state index contributed by atoms with van der Waals surface area (Å²) in [4.78, 5) is 47.8. The maximum Gasteiger partial charge on any atom is 0.460 e. The van der Waals surface area contributed by atoms with Gasteiger partial charge in [-0.1, -0.05) is 27.7 Å². The molecule has 0 bridgehead atoms. The second kappa shape index (κ2) is 12.1. The van der Waals surface area contributed by atoms with Gasteiger partial charge in [0.2, 0.25) is 11.6 Å². The molecule has 1 unspecified atom stereocenters. The summed E-state index contributed by atoms with van der Waals surface area (Å²) in [5, 5.41) is 17.4. The molecule has 0 saturated carbocycles. The Hall–Kier alpha value is -3.14. The number of carbonyl (C=O) groups is 4. The lowest BCUT2D eigenvalue weighted by molar-refractivity contribution is -0.343. The highest BCUT2D eigenvalue weighted by atomic mass is 19.4. The van der Waals surface area contributed by atoms with Gasteiger partial charge in [0, 0.05) is 16.5 Å². The zero-order chi connectivity index (χ0) is 35.0. The van der Waals surface area contributed by atoms with E-state index in [0.29, 0.717) is 0 Å². The summed E-state index contributed by atoms with van der Waals surface area (Å²) in [6.45, 7) is 3.25. The highest BCUT2D eigenvalue weighted by Gasteiger charge is 2.77. The van der Waals surface area contributed by atoms with E-state index in [0.717, 1.165) is 27.7 Å². The molecule has 0 saturated heterocycles. The molecule has 1 atom stereocenters. The monoisotopic (exact) mass is 656 g/mol. The van der Waals surface area contributed by atoms with E-state index in [2.05, 4.69) is 0 Å². The van der Waals surface area contributed by atoms with Gasteiger partial charge in [-0.05, 0) is 12.8 Å². The van der Waals surface area contributed by atoms with Gasteiger partial charge in [-0.25, -0.2) is 0 Å². The average Bonchev–Trinajstić information content (AvgIpc) is 2.79. The van der Waals surface area contributed by atoms with Crippen molar-refractivity contribution in [3.8, 4) is 6.07 Å². The quantitative estimate of drug-likeness (QED) is 0.120. The highest BCUT2D eigenvalue weighted by Crippen LogP contribution is 2.49. The van der Waals surface area contributed by atoms with Crippen molar-refractivity contribution in [1.29, 1.82) is 10.7 Å². The number of halogens is 14. The number of nitrogens with zero attached hydrogens (tertiary/aromatic N) is 1. The van der Waals surface area contributed by atoms with Gasteiger partial charge in [0.05, 0.1) is 24.8 Å². The molecule has 0 rings (SSSR count).